The molecule has 3 N–H and O–H groups in total. The predicted octanol–water partition coefficient (Wildman–Crippen LogP) is 3.13. The van der Waals surface area contributed by atoms with E-state index >= 15 is 0 Å². The maximum Gasteiger partial charge on any atom is 0.316 e. The molecule has 1 amide bonds. The van der Waals surface area contributed by atoms with Crippen LogP contribution < -0.4 is 15.1 Å². The van der Waals surface area contributed by atoms with Gasteiger partial charge in [-0.25, -0.2) is 4.98 Å². The SMILES string of the molecule is O=C(CSC(CCO)C(=O)O)NCc1ccc(N2CCN(c3nnc(Cc4ccccc4)c4ccccc34)CC2)nc1. The number of hydrogen-bond donors (Lipinski definition) is 3. The van der Waals surface area contributed by atoms with E-state index in [1.54, 1.807) is 6.20 Å². The third kappa shape index (κ3) is 7.34. The van der Waals surface area contributed by atoms with Crippen molar-refractivity contribution in [3.05, 3.63) is 89.7 Å². The zero-order valence-corrected chi connectivity index (χ0v) is 24.0. The highest BCUT2D eigenvalue weighted by atomic mass is 32.2. The number of carbonyl (C=O) groups excluding carboxylic acids is 1. The molecule has 1 unspecified atom stereocenters. The van der Waals surface area contributed by atoms with Gasteiger partial charge in [-0.1, -0.05) is 60.7 Å². The smallest absolute Gasteiger partial charge is 0.316 e. The van der Waals surface area contributed by atoms with Crippen molar-refractivity contribution in [2.75, 3.05) is 48.3 Å². The van der Waals surface area contributed by atoms with Gasteiger partial charge in [0.1, 0.15) is 11.1 Å². The van der Waals surface area contributed by atoms with Gasteiger partial charge in [0.2, 0.25) is 5.91 Å². The molecule has 1 aliphatic rings. The van der Waals surface area contributed by atoms with Crippen molar-refractivity contribution in [3.8, 4) is 0 Å². The number of piperazine rings is 1. The molecular weight excluding hydrogens is 552 g/mol. The average molecular weight is 587 g/mol. The van der Waals surface area contributed by atoms with Crippen molar-refractivity contribution >= 4 is 46.0 Å². The van der Waals surface area contributed by atoms with Crippen LogP contribution in [0.25, 0.3) is 10.8 Å². The van der Waals surface area contributed by atoms with Crippen LogP contribution in [0, 0.1) is 0 Å². The largest absolute Gasteiger partial charge is 0.480 e. The van der Waals surface area contributed by atoms with Crippen molar-refractivity contribution in [1.82, 2.24) is 20.5 Å². The van der Waals surface area contributed by atoms with E-state index in [2.05, 4.69) is 54.6 Å². The van der Waals surface area contributed by atoms with Gasteiger partial charge in [0, 0.05) is 62.7 Å². The molecular formula is C31H34N6O4S. The summed E-state index contributed by atoms with van der Waals surface area (Å²) in [6, 6.07) is 22.6. The molecule has 1 saturated heterocycles. The van der Waals surface area contributed by atoms with Gasteiger partial charge in [-0.15, -0.1) is 16.9 Å². The predicted molar refractivity (Wildman–Crippen MR) is 165 cm³/mol. The Morgan fingerprint density at radius 3 is 2.29 bits per heavy atom. The number of aliphatic hydroxyl groups is 1. The average Bonchev–Trinajstić information content (AvgIpc) is 3.03. The quantitative estimate of drug-likeness (QED) is 0.228. The summed E-state index contributed by atoms with van der Waals surface area (Å²) in [5.74, 6) is 0.518. The Balaban J connectivity index is 1.15. The zero-order chi connectivity index (χ0) is 29.3. The Morgan fingerprint density at radius 2 is 1.60 bits per heavy atom. The van der Waals surface area contributed by atoms with Crippen LogP contribution in [-0.2, 0) is 22.6 Å². The summed E-state index contributed by atoms with van der Waals surface area (Å²) in [6.45, 7) is 3.25. The molecule has 1 aliphatic heterocycles. The monoisotopic (exact) mass is 586 g/mol. The number of nitrogens with zero attached hydrogens (tertiary/aromatic N) is 5. The van der Waals surface area contributed by atoms with E-state index in [0.717, 1.165) is 78.0 Å². The van der Waals surface area contributed by atoms with E-state index in [1.807, 2.05) is 42.5 Å². The molecule has 10 nitrogen and oxygen atoms in total. The van der Waals surface area contributed by atoms with E-state index < -0.39 is 11.2 Å². The van der Waals surface area contributed by atoms with Gasteiger partial charge in [0.15, 0.2) is 5.82 Å². The minimum absolute atomic E-state index is 0.0160. The van der Waals surface area contributed by atoms with E-state index in [4.69, 9.17) is 10.2 Å². The van der Waals surface area contributed by atoms with Crippen LogP contribution in [0.15, 0.2) is 72.9 Å². The van der Waals surface area contributed by atoms with Crippen molar-refractivity contribution < 1.29 is 19.8 Å². The molecule has 4 aromatic rings. The number of aromatic nitrogens is 3. The van der Waals surface area contributed by atoms with Gasteiger partial charge in [0.25, 0.3) is 0 Å². The van der Waals surface area contributed by atoms with Crippen molar-refractivity contribution in [3.63, 3.8) is 0 Å². The van der Waals surface area contributed by atoms with Crippen LogP contribution in [-0.4, -0.2) is 81.1 Å². The Hall–Kier alpha value is -4.22. The van der Waals surface area contributed by atoms with Gasteiger partial charge in [-0.05, 0) is 23.6 Å². The molecule has 11 heteroatoms. The molecule has 1 atom stereocenters. The number of amides is 1. The maximum atomic E-state index is 12.2. The topological polar surface area (TPSA) is 132 Å². The maximum absolute atomic E-state index is 12.2. The summed E-state index contributed by atoms with van der Waals surface area (Å²) >= 11 is 1.01. The fraction of sp³-hybridized carbons (Fsp3) is 0.323. The van der Waals surface area contributed by atoms with E-state index in [1.165, 1.54) is 5.56 Å². The molecule has 2 aromatic carbocycles. The highest BCUT2D eigenvalue weighted by Gasteiger charge is 2.22. The number of carbonyl (C=O) groups is 2. The lowest BCUT2D eigenvalue weighted by Gasteiger charge is -2.36. The summed E-state index contributed by atoms with van der Waals surface area (Å²) < 4.78 is 0. The second kappa shape index (κ2) is 14.1. The van der Waals surface area contributed by atoms with Crippen molar-refractivity contribution in [2.45, 2.75) is 24.6 Å². The standard InChI is InChI=1S/C31H34N6O4S/c38-17-12-27(31(40)41)42-21-29(39)33-20-23-10-11-28(32-19-23)36-13-15-37(16-14-36)30-25-9-5-4-8-24(25)26(34-35-30)18-22-6-2-1-3-7-22/h1-11,19,27,38H,12-18,20-21H2,(H,33,39)(H,40,41). The summed E-state index contributed by atoms with van der Waals surface area (Å²) in [7, 11) is 0. The number of anilines is 2. The molecule has 2 aromatic heterocycles. The fourth-order valence-corrected chi connectivity index (χ4v) is 5.85. The molecule has 0 aliphatic carbocycles. The van der Waals surface area contributed by atoms with E-state index in [-0.39, 0.29) is 24.7 Å². The van der Waals surface area contributed by atoms with Gasteiger partial charge in [-0.3, -0.25) is 9.59 Å². The molecule has 42 heavy (non-hydrogen) atoms. The number of aliphatic hydroxyl groups excluding tert-OH is 1. The Labute approximate surface area is 248 Å². The molecule has 3 heterocycles. The van der Waals surface area contributed by atoms with E-state index in [9.17, 15) is 9.59 Å². The Morgan fingerprint density at radius 1 is 0.881 bits per heavy atom. The number of nitrogens with one attached hydrogen (secondary N) is 1. The number of aliphatic carboxylic acids is 1. The number of rotatable bonds is 12. The zero-order valence-electron chi connectivity index (χ0n) is 23.2. The molecule has 0 bridgehead atoms. The number of thioether (sulfide) groups is 1. The molecule has 218 valence electrons. The molecule has 5 rings (SSSR count). The first-order valence-electron chi connectivity index (χ1n) is 14.0. The van der Waals surface area contributed by atoms with Crippen molar-refractivity contribution in [1.29, 1.82) is 0 Å². The van der Waals surface area contributed by atoms with Crippen LogP contribution in [0.4, 0.5) is 11.6 Å². The lowest BCUT2D eigenvalue weighted by Crippen LogP contribution is -2.47. The first-order chi connectivity index (χ1) is 20.5. The number of benzene rings is 2. The minimum atomic E-state index is -1.03. The van der Waals surface area contributed by atoms with Gasteiger partial charge in [0.05, 0.1) is 11.4 Å². The lowest BCUT2D eigenvalue weighted by molar-refractivity contribution is -0.136. The normalized spacial score (nSPS) is 14.1. The number of hydrogen-bond acceptors (Lipinski definition) is 9. The van der Waals surface area contributed by atoms with Crippen LogP contribution in [0.5, 0.6) is 0 Å². The summed E-state index contributed by atoms with van der Waals surface area (Å²) in [5, 5.41) is 31.7. The third-order valence-corrected chi connectivity index (χ3v) is 8.51. The van der Waals surface area contributed by atoms with Crippen molar-refractivity contribution in [2.24, 2.45) is 0 Å². The second-order valence-electron chi connectivity index (χ2n) is 10.1. The third-order valence-electron chi connectivity index (χ3n) is 7.24. The highest BCUT2D eigenvalue weighted by Crippen LogP contribution is 2.28. The van der Waals surface area contributed by atoms with Crippen LogP contribution in [0.2, 0.25) is 0 Å². The van der Waals surface area contributed by atoms with Crippen LogP contribution in [0.3, 0.4) is 0 Å². The first-order valence-corrected chi connectivity index (χ1v) is 15.0. The van der Waals surface area contributed by atoms with Crippen LogP contribution in [0.1, 0.15) is 23.2 Å². The molecule has 0 radical (unpaired) electrons. The number of carboxylic acid groups (broad SMARTS) is 1. The Bertz CT molecular complexity index is 1500. The molecule has 1 fully saturated rings. The van der Waals surface area contributed by atoms with Gasteiger partial charge < -0.3 is 25.3 Å². The summed E-state index contributed by atoms with van der Waals surface area (Å²) in [6.07, 6.45) is 2.60. The van der Waals surface area contributed by atoms with Gasteiger partial charge >= 0.3 is 5.97 Å². The summed E-state index contributed by atoms with van der Waals surface area (Å²) in [5.41, 5.74) is 3.05. The number of pyridine rings is 1. The fourth-order valence-electron chi connectivity index (χ4n) is 4.98. The van der Waals surface area contributed by atoms with E-state index in [0.29, 0.717) is 6.54 Å². The highest BCUT2D eigenvalue weighted by molar-refractivity contribution is 8.01. The minimum Gasteiger partial charge on any atom is -0.480 e. The molecule has 0 spiro atoms. The Kier molecular flexibility index (Phi) is 9.83. The number of fused-ring (bicyclic) bond motifs is 1. The first kappa shape index (κ1) is 29.3. The number of carboxylic acids is 1. The van der Waals surface area contributed by atoms with Crippen LogP contribution >= 0.6 is 11.8 Å². The lowest BCUT2D eigenvalue weighted by atomic mass is 10.0. The summed E-state index contributed by atoms with van der Waals surface area (Å²) in [4.78, 5) is 32.5. The second-order valence-corrected chi connectivity index (χ2v) is 11.3. The van der Waals surface area contributed by atoms with Gasteiger partial charge in [-0.2, -0.15) is 5.10 Å². The molecule has 0 saturated carbocycles.